The van der Waals surface area contributed by atoms with Crippen molar-refractivity contribution in [2.24, 2.45) is 5.92 Å². The molecule has 2 heterocycles. The number of amides is 2. The summed E-state index contributed by atoms with van der Waals surface area (Å²) in [5.41, 5.74) is 2.50. The van der Waals surface area contributed by atoms with Crippen molar-refractivity contribution in [2.75, 3.05) is 37.6 Å². The first-order chi connectivity index (χ1) is 12.0. The van der Waals surface area contributed by atoms with Crippen LogP contribution < -0.4 is 4.90 Å². The number of carbonyl (C=O) groups excluding carboxylic acids is 2. The molecule has 0 aliphatic carbocycles. The number of carbonyl (C=O) groups is 2. The van der Waals surface area contributed by atoms with Crippen molar-refractivity contribution < 1.29 is 9.59 Å². The van der Waals surface area contributed by atoms with Gasteiger partial charge in [0.15, 0.2) is 0 Å². The maximum Gasteiger partial charge on any atom is 0.225 e. The van der Waals surface area contributed by atoms with Crippen molar-refractivity contribution in [3.63, 3.8) is 0 Å². The molecule has 1 atom stereocenters. The van der Waals surface area contributed by atoms with Crippen molar-refractivity contribution in [3.05, 3.63) is 29.8 Å². The molecule has 1 aromatic rings. The molecule has 0 N–H and O–H groups in total. The number of anilines is 1. The standard InChI is InChI=1S/C20H29N3O2/c1-15-4-6-19(7-5-15)23-13-12-22(14-16(23)2)20(25)18-8-10-21(11-9-18)17(3)24/h4-7,16,18H,8-14H2,1-3H3/t16-/m0/s1. The summed E-state index contributed by atoms with van der Waals surface area (Å²) in [6.07, 6.45) is 1.59. The smallest absolute Gasteiger partial charge is 0.225 e. The average Bonchev–Trinajstić information content (AvgIpc) is 2.62. The Morgan fingerprint density at radius 3 is 2.16 bits per heavy atom. The summed E-state index contributed by atoms with van der Waals surface area (Å²) in [6, 6.07) is 8.93. The largest absolute Gasteiger partial charge is 0.365 e. The molecule has 5 heteroatoms. The van der Waals surface area contributed by atoms with Crippen LogP contribution in [0.4, 0.5) is 5.69 Å². The molecule has 136 valence electrons. The second kappa shape index (κ2) is 7.46. The average molecular weight is 343 g/mol. The number of hydrogen-bond acceptors (Lipinski definition) is 3. The molecule has 2 fully saturated rings. The Balaban J connectivity index is 1.56. The van der Waals surface area contributed by atoms with E-state index in [1.165, 1.54) is 11.3 Å². The van der Waals surface area contributed by atoms with Crippen molar-refractivity contribution in [3.8, 4) is 0 Å². The molecule has 25 heavy (non-hydrogen) atoms. The fraction of sp³-hybridized carbons (Fsp3) is 0.600. The van der Waals surface area contributed by atoms with Gasteiger partial charge in [0.25, 0.3) is 0 Å². The zero-order valence-corrected chi connectivity index (χ0v) is 15.6. The summed E-state index contributed by atoms with van der Waals surface area (Å²) in [7, 11) is 0. The van der Waals surface area contributed by atoms with Crippen molar-refractivity contribution in [1.82, 2.24) is 9.80 Å². The third-order valence-electron chi connectivity index (χ3n) is 5.59. The molecule has 0 saturated carbocycles. The Bertz CT molecular complexity index is 620. The van der Waals surface area contributed by atoms with Gasteiger partial charge in [0.05, 0.1) is 0 Å². The predicted octanol–water partition coefficient (Wildman–Crippen LogP) is 2.29. The molecule has 0 bridgehead atoms. The van der Waals surface area contributed by atoms with Gasteiger partial charge in [-0.3, -0.25) is 9.59 Å². The SMILES string of the molecule is CC(=O)N1CCC(C(=O)N2CCN(c3ccc(C)cc3)[C@@H](C)C2)CC1. The van der Waals surface area contributed by atoms with E-state index < -0.39 is 0 Å². The van der Waals surface area contributed by atoms with Crippen LogP contribution in [-0.4, -0.2) is 60.4 Å². The number of hydrogen-bond donors (Lipinski definition) is 0. The minimum atomic E-state index is 0.0775. The Morgan fingerprint density at radius 2 is 1.60 bits per heavy atom. The van der Waals surface area contributed by atoms with Crippen LogP contribution in [0.15, 0.2) is 24.3 Å². The zero-order valence-electron chi connectivity index (χ0n) is 15.6. The molecular formula is C20H29N3O2. The third-order valence-corrected chi connectivity index (χ3v) is 5.59. The van der Waals surface area contributed by atoms with E-state index in [-0.39, 0.29) is 17.7 Å². The highest BCUT2D eigenvalue weighted by Crippen LogP contribution is 2.24. The molecule has 2 saturated heterocycles. The number of rotatable bonds is 2. The van der Waals surface area contributed by atoms with Crippen LogP contribution in [0.3, 0.4) is 0 Å². The van der Waals surface area contributed by atoms with Crippen LogP contribution in [0.2, 0.25) is 0 Å². The van der Waals surface area contributed by atoms with E-state index in [4.69, 9.17) is 0 Å². The predicted molar refractivity (Wildman–Crippen MR) is 99.5 cm³/mol. The first kappa shape index (κ1) is 17.8. The van der Waals surface area contributed by atoms with Crippen LogP contribution in [0.5, 0.6) is 0 Å². The zero-order chi connectivity index (χ0) is 18.0. The molecule has 3 rings (SSSR count). The second-order valence-corrected chi connectivity index (χ2v) is 7.44. The summed E-state index contributed by atoms with van der Waals surface area (Å²) in [4.78, 5) is 30.6. The van der Waals surface area contributed by atoms with Gasteiger partial charge in [0.2, 0.25) is 11.8 Å². The molecule has 2 aliphatic rings. The lowest BCUT2D eigenvalue weighted by atomic mass is 9.94. The molecule has 1 aromatic carbocycles. The third kappa shape index (κ3) is 3.97. The number of piperazine rings is 1. The van der Waals surface area contributed by atoms with Crippen LogP contribution in [0, 0.1) is 12.8 Å². The summed E-state index contributed by atoms with van der Waals surface area (Å²) < 4.78 is 0. The number of benzene rings is 1. The molecule has 0 aromatic heterocycles. The van der Waals surface area contributed by atoms with Crippen LogP contribution in [0.1, 0.15) is 32.3 Å². The molecule has 2 amide bonds. The van der Waals surface area contributed by atoms with Gasteiger partial charge < -0.3 is 14.7 Å². The van der Waals surface area contributed by atoms with Gasteiger partial charge in [-0.15, -0.1) is 0 Å². The Morgan fingerprint density at radius 1 is 0.960 bits per heavy atom. The summed E-state index contributed by atoms with van der Waals surface area (Å²) >= 11 is 0. The summed E-state index contributed by atoms with van der Waals surface area (Å²) in [5.74, 6) is 0.471. The van der Waals surface area contributed by atoms with Gasteiger partial charge in [-0.2, -0.15) is 0 Å². The van der Waals surface area contributed by atoms with Crippen LogP contribution >= 0.6 is 0 Å². The fourth-order valence-corrected chi connectivity index (χ4v) is 3.98. The van der Waals surface area contributed by atoms with Crippen molar-refractivity contribution in [1.29, 1.82) is 0 Å². The van der Waals surface area contributed by atoms with Gasteiger partial charge in [0.1, 0.15) is 0 Å². The second-order valence-electron chi connectivity index (χ2n) is 7.44. The maximum absolute atomic E-state index is 12.9. The molecule has 0 spiro atoms. The van der Waals surface area contributed by atoms with Gasteiger partial charge >= 0.3 is 0 Å². The highest BCUT2D eigenvalue weighted by Gasteiger charge is 2.33. The Kier molecular flexibility index (Phi) is 5.30. The van der Waals surface area contributed by atoms with E-state index >= 15 is 0 Å². The normalized spacial score (nSPS) is 22.2. The molecular weight excluding hydrogens is 314 g/mol. The fourth-order valence-electron chi connectivity index (χ4n) is 3.98. The topological polar surface area (TPSA) is 43.9 Å². The number of nitrogens with zero attached hydrogens (tertiary/aromatic N) is 3. The highest BCUT2D eigenvalue weighted by atomic mass is 16.2. The molecule has 5 nitrogen and oxygen atoms in total. The van der Waals surface area contributed by atoms with E-state index in [0.717, 1.165) is 32.5 Å². The minimum Gasteiger partial charge on any atom is -0.365 e. The number of aryl methyl sites for hydroxylation is 1. The van der Waals surface area contributed by atoms with Crippen LogP contribution in [-0.2, 0) is 9.59 Å². The van der Waals surface area contributed by atoms with E-state index in [2.05, 4.69) is 43.0 Å². The highest BCUT2D eigenvalue weighted by molar-refractivity contribution is 5.80. The van der Waals surface area contributed by atoms with Crippen molar-refractivity contribution >= 4 is 17.5 Å². The maximum atomic E-state index is 12.9. The molecule has 2 aliphatic heterocycles. The first-order valence-corrected chi connectivity index (χ1v) is 9.33. The van der Waals surface area contributed by atoms with Crippen LogP contribution in [0.25, 0.3) is 0 Å². The Hall–Kier alpha value is -2.04. The lowest BCUT2D eigenvalue weighted by Crippen LogP contribution is -2.55. The number of piperidine rings is 1. The number of likely N-dealkylation sites (tertiary alicyclic amines) is 1. The summed E-state index contributed by atoms with van der Waals surface area (Å²) in [5, 5.41) is 0. The van der Waals surface area contributed by atoms with Gasteiger partial charge in [-0.1, -0.05) is 17.7 Å². The lowest BCUT2D eigenvalue weighted by Gasteiger charge is -2.43. The van der Waals surface area contributed by atoms with Crippen molar-refractivity contribution in [2.45, 2.75) is 39.7 Å². The van der Waals surface area contributed by atoms with E-state index in [1.54, 1.807) is 6.92 Å². The van der Waals surface area contributed by atoms with E-state index in [9.17, 15) is 9.59 Å². The first-order valence-electron chi connectivity index (χ1n) is 9.33. The van der Waals surface area contributed by atoms with E-state index in [1.807, 2.05) is 9.80 Å². The molecule has 0 unspecified atom stereocenters. The molecule has 0 radical (unpaired) electrons. The van der Waals surface area contributed by atoms with Gasteiger partial charge in [0, 0.05) is 57.3 Å². The summed E-state index contributed by atoms with van der Waals surface area (Å²) in [6.45, 7) is 9.76. The quantitative estimate of drug-likeness (QED) is 0.828. The lowest BCUT2D eigenvalue weighted by molar-refractivity contribution is -0.140. The van der Waals surface area contributed by atoms with Gasteiger partial charge in [-0.25, -0.2) is 0 Å². The Labute approximate surface area is 150 Å². The van der Waals surface area contributed by atoms with Gasteiger partial charge in [-0.05, 0) is 38.8 Å². The minimum absolute atomic E-state index is 0.0775. The van der Waals surface area contributed by atoms with E-state index in [0.29, 0.717) is 19.1 Å². The monoisotopic (exact) mass is 343 g/mol.